The maximum atomic E-state index is 14.2. The molecular formula is C21H17N2OP. The molecule has 1 heterocycles. The molecule has 0 aliphatic heterocycles. The lowest BCUT2D eigenvalue weighted by Gasteiger charge is -2.17. The zero-order chi connectivity index (χ0) is 17.1. The van der Waals surface area contributed by atoms with Crippen molar-refractivity contribution in [1.82, 2.24) is 9.78 Å². The van der Waals surface area contributed by atoms with E-state index in [1.54, 1.807) is 10.9 Å². The van der Waals surface area contributed by atoms with Crippen molar-refractivity contribution in [3.05, 3.63) is 103 Å². The van der Waals surface area contributed by atoms with Gasteiger partial charge in [-0.2, -0.15) is 5.10 Å². The predicted molar refractivity (Wildman–Crippen MR) is 103 cm³/mol. The molecule has 0 saturated heterocycles. The van der Waals surface area contributed by atoms with Crippen molar-refractivity contribution in [2.75, 3.05) is 0 Å². The van der Waals surface area contributed by atoms with Crippen LogP contribution in [-0.2, 0) is 4.57 Å². The summed E-state index contributed by atoms with van der Waals surface area (Å²) in [7, 11) is -2.96. The molecular weight excluding hydrogens is 327 g/mol. The van der Waals surface area contributed by atoms with E-state index in [4.69, 9.17) is 0 Å². The molecule has 25 heavy (non-hydrogen) atoms. The Bertz CT molecular complexity index is 968. The minimum Gasteiger partial charge on any atom is -0.309 e. The molecule has 0 amide bonds. The molecule has 4 rings (SSSR count). The van der Waals surface area contributed by atoms with Gasteiger partial charge in [-0.3, -0.25) is 0 Å². The summed E-state index contributed by atoms with van der Waals surface area (Å²) >= 11 is 0. The quantitative estimate of drug-likeness (QED) is 0.531. The van der Waals surface area contributed by atoms with Gasteiger partial charge in [0.1, 0.15) is 0 Å². The third-order valence-corrected chi connectivity index (χ3v) is 7.20. The van der Waals surface area contributed by atoms with Crippen LogP contribution in [0.2, 0.25) is 0 Å². The maximum absolute atomic E-state index is 14.2. The summed E-state index contributed by atoms with van der Waals surface area (Å²) in [5, 5.41) is 6.81. The van der Waals surface area contributed by atoms with Crippen molar-refractivity contribution in [2.45, 2.75) is 0 Å². The summed E-state index contributed by atoms with van der Waals surface area (Å²) in [4.78, 5) is 0. The maximum Gasteiger partial charge on any atom is 0.174 e. The van der Waals surface area contributed by atoms with Crippen LogP contribution in [0.3, 0.4) is 0 Å². The first-order valence-electron chi connectivity index (χ1n) is 8.10. The lowest BCUT2D eigenvalue weighted by molar-refractivity contribution is 0.592. The minimum absolute atomic E-state index is 0.730. The van der Waals surface area contributed by atoms with Gasteiger partial charge in [0, 0.05) is 16.8 Å². The molecule has 4 aromatic rings. The van der Waals surface area contributed by atoms with Crippen LogP contribution in [0.15, 0.2) is 103 Å². The monoisotopic (exact) mass is 344 g/mol. The average Bonchev–Trinajstić information content (AvgIpc) is 3.20. The molecule has 0 N–H and O–H groups in total. The van der Waals surface area contributed by atoms with Gasteiger partial charge in [-0.05, 0) is 12.1 Å². The van der Waals surface area contributed by atoms with Gasteiger partial charge in [0.05, 0.1) is 17.2 Å². The van der Waals surface area contributed by atoms with Gasteiger partial charge in [0.25, 0.3) is 0 Å². The van der Waals surface area contributed by atoms with Crippen molar-refractivity contribution < 1.29 is 4.57 Å². The SMILES string of the molecule is O=P(c1ccccc1)(c1ccccc1)c1cnn(-c2ccccc2)c1. The molecule has 4 heteroatoms. The second kappa shape index (κ2) is 6.54. The number of nitrogens with zero attached hydrogens (tertiary/aromatic N) is 2. The predicted octanol–water partition coefficient (Wildman–Crippen LogP) is 3.51. The minimum atomic E-state index is -2.96. The Kier molecular flexibility index (Phi) is 4.09. The number of benzene rings is 3. The Morgan fingerprint density at radius 3 is 1.64 bits per heavy atom. The largest absolute Gasteiger partial charge is 0.309 e. The van der Waals surface area contributed by atoms with Gasteiger partial charge in [-0.15, -0.1) is 0 Å². The molecule has 0 bridgehead atoms. The van der Waals surface area contributed by atoms with E-state index >= 15 is 0 Å². The van der Waals surface area contributed by atoms with Gasteiger partial charge in [-0.25, -0.2) is 4.68 Å². The Labute approximate surface area is 146 Å². The highest BCUT2D eigenvalue weighted by Crippen LogP contribution is 2.42. The molecule has 0 aliphatic carbocycles. The summed E-state index contributed by atoms with van der Waals surface area (Å²) < 4.78 is 16.0. The Morgan fingerprint density at radius 2 is 1.12 bits per heavy atom. The summed E-state index contributed by atoms with van der Waals surface area (Å²) in [6.07, 6.45) is 3.59. The van der Waals surface area contributed by atoms with Crippen molar-refractivity contribution >= 4 is 23.1 Å². The molecule has 3 aromatic carbocycles. The summed E-state index contributed by atoms with van der Waals surface area (Å²) in [5.74, 6) is 0. The van der Waals surface area contributed by atoms with E-state index in [0.717, 1.165) is 21.6 Å². The highest BCUT2D eigenvalue weighted by Gasteiger charge is 2.31. The smallest absolute Gasteiger partial charge is 0.174 e. The van der Waals surface area contributed by atoms with Gasteiger partial charge >= 0.3 is 0 Å². The fourth-order valence-electron chi connectivity index (χ4n) is 2.92. The lowest BCUT2D eigenvalue weighted by Crippen LogP contribution is -2.24. The Hall–Kier alpha value is -2.90. The van der Waals surface area contributed by atoms with E-state index in [9.17, 15) is 4.57 Å². The summed E-state index contributed by atoms with van der Waals surface area (Å²) in [6, 6.07) is 29.1. The molecule has 0 atom stereocenters. The number of para-hydroxylation sites is 1. The summed E-state index contributed by atoms with van der Waals surface area (Å²) in [6.45, 7) is 0. The van der Waals surface area contributed by atoms with E-state index in [2.05, 4.69) is 5.10 Å². The third kappa shape index (κ3) is 2.84. The Balaban J connectivity index is 1.89. The average molecular weight is 344 g/mol. The van der Waals surface area contributed by atoms with Gasteiger partial charge in [0.2, 0.25) is 0 Å². The first-order chi connectivity index (χ1) is 12.3. The molecule has 0 spiro atoms. The van der Waals surface area contributed by atoms with Crippen molar-refractivity contribution in [3.8, 4) is 5.69 Å². The van der Waals surface area contributed by atoms with E-state index in [1.165, 1.54) is 0 Å². The molecule has 0 aliphatic rings. The highest BCUT2D eigenvalue weighted by molar-refractivity contribution is 7.85. The van der Waals surface area contributed by atoms with Crippen LogP contribution in [-0.4, -0.2) is 9.78 Å². The van der Waals surface area contributed by atoms with E-state index < -0.39 is 7.14 Å². The number of aromatic nitrogens is 2. The van der Waals surface area contributed by atoms with Gasteiger partial charge in [0.15, 0.2) is 7.14 Å². The first kappa shape index (κ1) is 15.6. The van der Waals surface area contributed by atoms with Gasteiger partial charge in [-0.1, -0.05) is 78.9 Å². The fourth-order valence-corrected chi connectivity index (χ4v) is 5.49. The molecule has 0 fully saturated rings. The Morgan fingerprint density at radius 1 is 0.640 bits per heavy atom. The van der Waals surface area contributed by atoms with Crippen LogP contribution >= 0.6 is 7.14 Å². The normalized spacial score (nSPS) is 11.4. The van der Waals surface area contributed by atoms with E-state index in [1.807, 2.05) is 97.2 Å². The number of hydrogen-bond acceptors (Lipinski definition) is 2. The highest BCUT2D eigenvalue weighted by atomic mass is 31.2. The lowest BCUT2D eigenvalue weighted by atomic mass is 10.3. The van der Waals surface area contributed by atoms with Crippen LogP contribution in [0.5, 0.6) is 0 Å². The molecule has 0 saturated carbocycles. The molecule has 122 valence electrons. The molecule has 1 aromatic heterocycles. The molecule has 0 radical (unpaired) electrons. The number of hydrogen-bond donors (Lipinski definition) is 0. The molecule has 3 nitrogen and oxygen atoms in total. The van der Waals surface area contributed by atoms with Crippen LogP contribution in [0.1, 0.15) is 0 Å². The van der Waals surface area contributed by atoms with Crippen molar-refractivity contribution in [3.63, 3.8) is 0 Å². The zero-order valence-electron chi connectivity index (χ0n) is 13.6. The summed E-state index contributed by atoms with van der Waals surface area (Å²) in [5.41, 5.74) is 0.946. The number of rotatable bonds is 4. The zero-order valence-corrected chi connectivity index (χ0v) is 14.5. The first-order valence-corrected chi connectivity index (χ1v) is 9.81. The van der Waals surface area contributed by atoms with Gasteiger partial charge < -0.3 is 4.57 Å². The second-order valence-electron chi connectivity index (χ2n) is 5.76. The van der Waals surface area contributed by atoms with Crippen LogP contribution in [0.4, 0.5) is 0 Å². The van der Waals surface area contributed by atoms with Crippen LogP contribution in [0.25, 0.3) is 5.69 Å². The fraction of sp³-hybridized carbons (Fsp3) is 0. The topological polar surface area (TPSA) is 34.9 Å². The van der Waals surface area contributed by atoms with Crippen molar-refractivity contribution in [2.24, 2.45) is 0 Å². The third-order valence-electron chi connectivity index (χ3n) is 4.19. The van der Waals surface area contributed by atoms with Crippen molar-refractivity contribution in [1.29, 1.82) is 0 Å². The van der Waals surface area contributed by atoms with E-state index in [0.29, 0.717) is 0 Å². The molecule has 0 unspecified atom stereocenters. The van der Waals surface area contributed by atoms with E-state index in [-0.39, 0.29) is 0 Å². The van der Waals surface area contributed by atoms with Crippen LogP contribution < -0.4 is 15.9 Å². The second-order valence-corrected chi connectivity index (χ2v) is 8.53. The van der Waals surface area contributed by atoms with Crippen LogP contribution in [0, 0.1) is 0 Å². The standard InChI is InChI=1S/C21H17N2OP/c24-25(19-12-6-2-7-13-19,20-14-8-3-9-15-20)21-16-22-23(17-21)18-10-4-1-5-11-18/h1-17H.